The van der Waals surface area contributed by atoms with Gasteiger partial charge in [0, 0.05) is 26.2 Å². The van der Waals surface area contributed by atoms with Crippen LogP contribution in [0.4, 0.5) is 5.69 Å². The van der Waals surface area contributed by atoms with Crippen LogP contribution >= 0.6 is 11.6 Å². The average Bonchev–Trinajstić information content (AvgIpc) is 2.42. The summed E-state index contributed by atoms with van der Waals surface area (Å²) in [7, 11) is 0. The number of morpholine rings is 1. The maximum atomic E-state index is 11.9. The lowest BCUT2D eigenvalue weighted by Crippen LogP contribution is -2.41. The zero-order valence-electron chi connectivity index (χ0n) is 10.6. The smallest absolute Gasteiger partial charge is 0.254 e. The largest absolute Gasteiger partial charge is 0.397 e. The number of rotatable bonds is 4. The van der Waals surface area contributed by atoms with Crippen LogP contribution in [0.25, 0.3) is 0 Å². The van der Waals surface area contributed by atoms with E-state index in [4.69, 9.17) is 22.1 Å². The number of halogens is 1. The molecule has 1 fully saturated rings. The first-order valence-corrected chi connectivity index (χ1v) is 6.54. The summed E-state index contributed by atoms with van der Waals surface area (Å²) in [6, 6.07) is 1.53. The number of anilines is 1. The van der Waals surface area contributed by atoms with Crippen LogP contribution in [0, 0.1) is 0 Å². The number of nitrogen functional groups attached to an aromatic ring is 1. The molecule has 0 unspecified atom stereocenters. The number of nitrogens with two attached hydrogens (primary N) is 1. The molecular weight excluding hydrogens is 268 g/mol. The highest BCUT2D eigenvalue weighted by Crippen LogP contribution is 2.15. The van der Waals surface area contributed by atoms with Gasteiger partial charge in [0.05, 0.1) is 30.7 Å². The van der Waals surface area contributed by atoms with E-state index in [9.17, 15) is 4.79 Å². The van der Waals surface area contributed by atoms with E-state index in [0.717, 1.165) is 32.8 Å². The van der Waals surface area contributed by atoms with Crippen LogP contribution in [-0.2, 0) is 4.74 Å². The Morgan fingerprint density at radius 3 is 3.00 bits per heavy atom. The van der Waals surface area contributed by atoms with Crippen molar-refractivity contribution >= 4 is 23.2 Å². The SMILES string of the molecule is Nc1cnc(Cl)c(C(=O)NCCN2CCOCC2)c1. The van der Waals surface area contributed by atoms with Crippen LogP contribution < -0.4 is 11.1 Å². The third kappa shape index (κ3) is 4.05. The normalized spacial score (nSPS) is 16.3. The van der Waals surface area contributed by atoms with Crippen molar-refractivity contribution in [3.8, 4) is 0 Å². The van der Waals surface area contributed by atoms with Gasteiger partial charge in [-0.25, -0.2) is 4.98 Å². The Morgan fingerprint density at radius 1 is 1.53 bits per heavy atom. The number of nitrogens with one attached hydrogen (secondary N) is 1. The van der Waals surface area contributed by atoms with Crippen molar-refractivity contribution in [3.63, 3.8) is 0 Å². The number of aromatic nitrogens is 1. The molecule has 1 amide bonds. The summed E-state index contributed by atoms with van der Waals surface area (Å²) in [5, 5.41) is 2.98. The van der Waals surface area contributed by atoms with Crippen molar-refractivity contribution in [2.45, 2.75) is 0 Å². The molecule has 3 N–H and O–H groups in total. The molecule has 0 atom stereocenters. The fourth-order valence-corrected chi connectivity index (χ4v) is 2.06. The minimum Gasteiger partial charge on any atom is -0.397 e. The molecule has 1 aliphatic rings. The van der Waals surface area contributed by atoms with Crippen molar-refractivity contribution < 1.29 is 9.53 Å². The van der Waals surface area contributed by atoms with Crippen molar-refractivity contribution in [1.82, 2.24) is 15.2 Å². The zero-order valence-corrected chi connectivity index (χ0v) is 11.3. The molecule has 6 nitrogen and oxygen atoms in total. The first kappa shape index (κ1) is 14.0. The average molecular weight is 285 g/mol. The van der Waals surface area contributed by atoms with Crippen LogP contribution in [-0.4, -0.2) is 55.2 Å². The monoisotopic (exact) mass is 284 g/mol. The third-order valence-electron chi connectivity index (χ3n) is 2.92. The number of pyridine rings is 1. The number of hydrogen-bond acceptors (Lipinski definition) is 5. The van der Waals surface area contributed by atoms with Crippen LogP contribution in [0.5, 0.6) is 0 Å². The van der Waals surface area contributed by atoms with Gasteiger partial charge in [-0.15, -0.1) is 0 Å². The Kier molecular flexibility index (Phi) is 4.95. The minimum atomic E-state index is -0.252. The Morgan fingerprint density at radius 2 is 2.26 bits per heavy atom. The minimum absolute atomic E-state index is 0.165. The lowest BCUT2D eigenvalue weighted by Gasteiger charge is -2.26. The fraction of sp³-hybridized carbons (Fsp3) is 0.500. The van der Waals surface area contributed by atoms with Gasteiger partial charge in [0.15, 0.2) is 0 Å². The second kappa shape index (κ2) is 6.70. The number of ether oxygens (including phenoxy) is 1. The topological polar surface area (TPSA) is 80.5 Å². The first-order valence-electron chi connectivity index (χ1n) is 6.16. The van der Waals surface area contributed by atoms with Gasteiger partial charge < -0.3 is 15.8 Å². The molecule has 1 aromatic heterocycles. The maximum absolute atomic E-state index is 11.9. The summed E-state index contributed by atoms with van der Waals surface area (Å²) in [5.74, 6) is -0.252. The van der Waals surface area contributed by atoms with Gasteiger partial charge in [-0.05, 0) is 6.07 Å². The highest BCUT2D eigenvalue weighted by molar-refractivity contribution is 6.32. The fourth-order valence-electron chi connectivity index (χ4n) is 1.87. The van der Waals surface area contributed by atoms with E-state index in [1.807, 2.05) is 0 Å². The van der Waals surface area contributed by atoms with Gasteiger partial charge in [0.2, 0.25) is 0 Å². The molecule has 1 saturated heterocycles. The van der Waals surface area contributed by atoms with Crippen LogP contribution in [0.15, 0.2) is 12.3 Å². The molecule has 0 aliphatic carbocycles. The second-order valence-corrected chi connectivity index (χ2v) is 4.67. The van der Waals surface area contributed by atoms with Gasteiger partial charge in [0.25, 0.3) is 5.91 Å². The van der Waals surface area contributed by atoms with E-state index in [0.29, 0.717) is 17.8 Å². The van der Waals surface area contributed by atoms with Crippen LogP contribution in [0.3, 0.4) is 0 Å². The summed E-state index contributed by atoms with van der Waals surface area (Å²) in [6.07, 6.45) is 1.42. The summed E-state index contributed by atoms with van der Waals surface area (Å²) in [5.41, 5.74) is 6.32. The Bertz CT molecular complexity index is 449. The molecule has 1 aromatic rings. The lowest BCUT2D eigenvalue weighted by atomic mass is 10.2. The van der Waals surface area contributed by atoms with E-state index >= 15 is 0 Å². The molecule has 0 saturated carbocycles. The predicted molar refractivity (Wildman–Crippen MR) is 73.3 cm³/mol. The molecule has 7 heteroatoms. The summed E-state index contributed by atoms with van der Waals surface area (Å²) in [6.45, 7) is 4.65. The first-order chi connectivity index (χ1) is 9.16. The summed E-state index contributed by atoms with van der Waals surface area (Å²) < 4.78 is 5.26. The quantitative estimate of drug-likeness (QED) is 0.781. The maximum Gasteiger partial charge on any atom is 0.254 e. The molecule has 1 aliphatic heterocycles. The molecule has 0 radical (unpaired) electrons. The zero-order chi connectivity index (χ0) is 13.7. The molecule has 2 heterocycles. The van der Waals surface area contributed by atoms with E-state index in [2.05, 4.69) is 15.2 Å². The van der Waals surface area contributed by atoms with Gasteiger partial charge in [-0.2, -0.15) is 0 Å². The molecule has 0 spiro atoms. The molecule has 2 rings (SSSR count). The number of hydrogen-bond donors (Lipinski definition) is 2. The van der Waals surface area contributed by atoms with E-state index < -0.39 is 0 Å². The van der Waals surface area contributed by atoms with Crippen molar-refractivity contribution in [1.29, 1.82) is 0 Å². The van der Waals surface area contributed by atoms with Gasteiger partial charge in [-0.3, -0.25) is 9.69 Å². The van der Waals surface area contributed by atoms with E-state index in [1.165, 1.54) is 12.3 Å². The van der Waals surface area contributed by atoms with Crippen molar-refractivity contribution in [2.24, 2.45) is 0 Å². The summed E-state index contributed by atoms with van der Waals surface area (Å²) in [4.78, 5) is 18.0. The Hall–Kier alpha value is -1.37. The van der Waals surface area contributed by atoms with E-state index in [1.54, 1.807) is 0 Å². The number of carbonyl (C=O) groups excluding carboxylic acids is 1. The van der Waals surface area contributed by atoms with Gasteiger partial charge >= 0.3 is 0 Å². The van der Waals surface area contributed by atoms with Crippen LogP contribution in [0.1, 0.15) is 10.4 Å². The summed E-state index contributed by atoms with van der Waals surface area (Å²) >= 11 is 5.86. The van der Waals surface area contributed by atoms with Crippen molar-refractivity contribution in [3.05, 3.63) is 23.0 Å². The number of carbonyl (C=O) groups is 1. The van der Waals surface area contributed by atoms with Crippen molar-refractivity contribution in [2.75, 3.05) is 45.1 Å². The Labute approximate surface area is 116 Å². The standard InChI is InChI=1S/C12H17ClN4O2/c13-11-10(7-9(14)8-16-11)12(18)15-1-2-17-3-5-19-6-4-17/h7-8H,1-6,14H2,(H,15,18). The number of nitrogens with zero attached hydrogens (tertiary/aromatic N) is 2. The highest BCUT2D eigenvalue weighted by atomic mass is 35.5. The molecule has 104 valence electrons. The third-order valence-corrected chi connectivity index (χ3v) is 3.22. The van der Waals surface area contributed by atoms with Gasteiger partial charge in [0.1, 0.15) is 5.15 Å². The molecule has 0 bridgehead atoms. The van der Waals surface area contributed by atoms with Crippen LogP contribution in [0.2, 0.25) is 5.15 Å². The lowest BCUT2D eigenvalue weighted by molar-refractivity contribution is 0.0383. The molecular formula is C12H17ClN4O2. The molecule has 19 heavy (non-hydrogen) atoms. The molecule has 0 aromatic carbocycles. The predicted octanol–water partition coefficient (Wildman–Crippen LogP) is 0.379. The Balaban J connectivity index is 1.82. The second-order valence-electron chi connectivity index (χ2n) is 4.32. The highest BCUT2D eigenvalue weighted by Gasteiger charge is 2.13. The van der Waals surface area contributed by atoms with E-state index in [-0.39, 0.29) is 11.1 Å². The van der Waals surface area contributed by atoms with Gasteiger partial charge in [-0.1, -0.05) is 11.6 Å². The number of amides is 1.